The lowest BCUT2D eigenvalue weighted by Crippen LogP contribution is -2.24. The van der Waals surface area contributed by atoms with Crippen molar-refractivity contribution in [2.45, 2.75) is 32.9 Å². The predicted octanol–water partition coefficient (Wildman–Crippen LogP) is 4.10. The molecule has 0 saturated carbocycles. The van der Waals surface area contributed by atoms with E-state index < -0.39 is 0 Å². The van der Waals surface area contributed by atoms with E-state index >= 15 is 0 Å². The third-order valence-electron chi connectivity index (χ3n) is 3.33. The summed E-state index contributed by atoms with van der Waals surface area (Å²) in [4.78, 5) is 12.1. The molecule has 0 unspecified atom stereocenters. The van der Waals surface area contributed by atoms with Gasteiger partial charge in [0, 0.05) is 11.0 Å². The highest BCUT2D eigenvalue weighted by Crippen LogP contribution is 2.28. The van der Waals surface area contributed by atoms with Crippen LogP contribution in [0.2, 0.25) is 0 Å². The van der Waals surface area contributed by atoms with Crippen LogP contribution in [0.4, 0.5) is 0 Å². The molecule has 0 aliphatic carbocycles. The van der Waals surface area contributed by atoms with Crippen molar-refractivity contribution in [3.8, 4) is 11.5 Å². The SMILES string of the molecule is COc1cc(CNC(=O)Cc2cccc(Br)c2)ccc1OC(C)C. The molecule has 2 aromatic rings. The summed E-state index contributed by atoms with van der Waals surface area (Å²) in [6.45, 7) is 4.39. The standard InChI is InChI=1S/C19H22BrNO3/c1-13(2)24-17-8-7-15(10-18(17)23-3)12-21-19(22)11-14-5-4-6-16(20)9-14/h4-10,13H,11-12H2,1-3H3,(H,21,22). The Morgan fingerprint density at radius 3 is 2.58 bits per heavy atom. The Morgan fingerprint density at radius 1 is 1.12 bits per heavy atom. The molecule has 0 aromatic heterocycles. The van der Waals surface area contributed by atoms with Crippen molar-refractivity contribution in [2.24, 2.45) is 0 Å². The number of carbonyl (C=O) groups excluding carboxylic acids is 1. The summed E-state index contributed by atoms with van der Waals surface area (Å²) in [5.41, 5.74) is 1.94. The van der Waals surface area contributed by atoms with Gasteiger partial charge in [-0.1, -0.05) is 34.1 Å². The maximum atomic E-state index is 12.1. The van der Waals surface area contributed by atoms with Crippen LogP contribution in [0.25, 0.3) is 0 Å². The fourth-order valence-electron chi connectivity index (χ4n) is 2.27. The van der Waals surface area contributed by atoms with Crippen LogP contribution in [-0.4, -0.2) is 19.1 Å². The zero-order valence-corrected chi connectivity index (χ0v) is 15.7. The molecule has 1 amide bonds. The van der Waals surface area contributed by atoms with Crippen molar-refractivity contribution >= 4 is 21.8 Å². The Morgan fingerprint density at radius 2 is 1.92 bits per heavy atom. The van der Waals surface area contributed by atoms with Gasteiger partial charge in [0.25, 0.3) is 0 Å². The van der Waals surface area contributed by atoms with Gasteiger partial charge < -0.3 is 14.8 Å². The van der Waals surface area contributed by atoms with E-state index in [4.69, 9.17) is 9.47 Å². The van der Waals surface area contributed by atoms with Crippen LogP contribution in [-0.2, 0) is 17.8 Å². The molecule has 0 atom stereocenters. The van der Waals surface area contributed by atoms with Crippen molar-refractivity contribution in [3.05, 3.63) is 58.1 Å². The summed E-state index contributed by atoms with van der Waals surface area (Å²) >= 11 is 3.41. The average molecular weight is 392 g/mol. The van der Waals surface area contributed by atoms with E-state index in [1.165, 1.54) is 0 Å². The monoisotopic (exact) mass is 391 g/mol. The van der Waals surface area contributed by atoms with Gasteiger partial charge in [0.2, 0.25) is 5.91 Å². The smallest absolute Gasteiger partial charge is 0.224 e. The molecule has 2 aromatic carbocycles. The van der Waals surface area contributed by atoms with Crippen LogP contribution in [0.5, 0.6) is 11.5 Å². The summed E-state index contributed by atoms with van der Waals surface area (Å²) in [6, 6.07) is 13.4. The van der Waals surface area contributed by atoms with Crippen LogP contribution in [0.3, 0.4) is 0 Å². The first-order valence-corrected chi connectivity index (χ1v) is 8.62. The Hall–Kier alpha value is -2.01. The first-order valence-electron chi connectivity index (χ1n) is 7.82. The number of methoxy groups -OCH3 is 1. The number of nitrogens with one attached hydrogen (secondary N) is 1. The van der Waals surface area contributed by atoms with Crippen molar-refractivity contribution in [1.82, 2.24) is 5.32 Å². The maximum Gasteiger partial charge on any atom is 0.224 e. The average Bonchev–Trinajstić information content (AvgIpc) is 2.53. The van der Waals surface area contributed by atoms with Gasteiger partial charge in [-0.2, -0.15) is 0 Å². The van der Waals surface area contributed by atoms with E-state index in [1.54, 1.807) is 7.11 Å². The summed E-state index contributed by atoms with van der Waals surface area (Å²) < 4.78 is 12.0. The second-order valence-corrected chi connectivity index (χ2v) is 6.65. The van der Waals surface area contributed by atoms with Crippen LogP contribution in [0.1, 0.15) is 25.0 Å². The first-order chi connectivity index (χ1) is 11.5. The van der Waals surface area contributed by atoms with Crippen molar-refractivity contribution in [3.63, 3.8) is 0 Å². The van der Waals surface area contributed by atoms with Crippen LogP contribution in [0.15, 0.2) is 46.9 Å². The van der Waals surface area contributed by atoms with E-state index in [-0.39, 0.29) is 12.0 Å². The molecule has 5 heteroatoms. The zero-order valence-electron chi connectivity index (χ0n) is 14.1. The zero-order chi connectivity index (χ0) is 17.5. The number of hydrogen-bond acceptors (Lipinski definition) is 3. The molecule has 2 rings (SSSR count). The molecule has 0 saturated heterocycles. The number of amides is 1. The number of benzene rings is 2. The van der Waals surface area contributed by atoms with Crippen LogP contribution < -0.4 is 14.8 Å². The molecule has 1 N–H and O–H groups in total. The summed E-state index contributed by atoms with van der Waals surface area (Å²) in [5.74, 6) is 1.36. The normalized spacial score (nSPS) is 10.5. The van der Waals surface area contributed by atoms with Gasteiger partial charge in [0.15, 0.2) is 11.5 Å². The highest BCUT2D eigenvalue weighted by atomic mass is 79.9. The Bertz CT molecular complexity index is 701. The Kier molecular flexibility index (Phi) is 6.67. The molecular formula is C19H22BrNO3. The largest absolute Gasteiger partial charge is 0.493 e. The number of carbonyl (C=O) groups is 1. The second kappa shape index (κ2) is 8.73. The fraction of sp³-hybridized carbons (Fsp3) is 0.316. The minimum absolute atomic E-state index is 0.0189. The van der Waals surface area contributed by atoms with E-state index in [0.717, 1.165) is 15.6 Å². The van der Waals surface area contributed by atoms with E-state index in [0.29, 0.717) is 24.5 Å². The first kappa shape index (κ1) is 18.3. The fourth-order valence-corrected chi connectivity index (χ4v) is 2.72. The highest BCUT2D eigenvalue weighted by Gasteiger charge is 2.09. The molecule has 0 fully saturated rings. The van der Waals surface area contributed by atoms with Gasteiger partial charge in [-0.25, -0.2) is 0 Å². The van der Waals surface area contributed by atoms with Crippen molar-refractivity contribution in [2.75, 3.05) is 7.11 Å². The molecule has 0 aliphatic rings. The van der Waals surface area contributed by atoms with Gasteiger partial charge in [0.1, 0.15) is 0 Å². The molecule has 24 heavy (non-hydrogen) atoms. The third-order valence-corrected chi connectivity index (χ3v) is 3.83. The molecule has 0 spiro atoms. The summed E-state index contributed by atoms with van der Waals surface area (Å²) in [7, 11) is 1.61. The van der Waals surface area contributed by atoms with E-state index in [9.17, 15) is 4.79 Å². The van der Waals surface area contributed by atoms with Crippen LogP contribution >= 0.6 is 15.9 Å². The number of halogens is 1. The maximum absolute atomic E-state index is 12.1. The van der Waals surface area contributed by atoms with E-state index in [1.807, 2.05) is 56.3 Å². The quantitative estimate of drug-likeness (QED) is 0.772. The van der Waals surface area contributed by atoms with Crippen molar-refractivity contribution < 1.29 is 14.3 Å². The molecule has 0 radical (unpaired) electrons. The third kappa shape index (κ3) is 5.57. The van der Waals surface area contributed by atoms with Gasteiger partial charge in [-0.05, 0) is 49.2 Å². The molecular weight excluding hydrogens is 370 g/mol. The minimum atomic E-state index is -0.0189. The number of rotatable bonds is 7. The Labute approximate surface area is 151 Å². The summed E-state index contributed by atoms with van der Waals surface area (Å²) in [6.07, 6.45) is 0.431. The highest BCUT2D eigenvalue weighted by molar-refractivity contribution is 9.10. The predicted molar refractivity (Wildman–Crippen MR) is 98.5 cm³/mol. The van der Waals surface area contributed by atoms with Gasteiger partial charge >= 0.3 is 0 Å². The van der Waals surface area contributed by atoms with Crippen molar-refractivity contribution in [1.29, 1.82) is 0 Å². The molecule has 0 heterocycles. The second-order valence-electron chi connectivity index (χ2n) is 5.74. The molecule has 0 aliphatic heterocycles. The molecule has 128 valence electrons. The Balaban J connectivity index is 1.94. The number of hydrogen-bond donors (Lipinski definition) is 1. The number of ether oxygens (including phenoxy) is 2. The van der Waals surface area contributed by atoms with E-state index in [2.05, 4.69) is 21.2 Å². The minimum Gasteiger partial charge on any atom is -0.493 e. The van der Waals surface area contributed by atoms with Crippen LogP contribution in [0, 0.1) is 0 Å². The lowest BCUT2D eigenvalue weighted by atomic mass is 10.1. The topological polar surface area (TPSA) is 47.6 Å². The molecule has 4 nitrogen and oxygen atoms in total. The lowest BCUT2D eigenvalue weighted by molar-refractivity contribution is -0.120. The van der Waals surface area contributed by atoms with Gasteiger partial charge in [0.05, 0.1) is 19.6 Å². The summed E-state index contributed by atoms with van der Waals surface area (Å²) in [5, 5.41) is 2.93. The van der Waals surface area contributed by atoms with Gasteiger partial charge in [-0.3, -0.25) is 4.79 Å². The van der Waals surface area contributed by atoms with Gasteiger partial charge in [-0.15, -0.1) is 0 Å². The molecule has 0 bridgehead atoms. The lowest BCUT2D eigenvalue weighted by Gasteiger charge is -2.14.